The van der Waals surface area contributed by atoms with Gasteiger partial charge in [-0.05, 0) is 50.6 Å². The van der Waals surface area contributed by atoms with E-state index >= 15 is 0 Å². The fraction of sp³-hybridized carbons (Fsp3) is 0.652. The largest absolute Gasteiger partial charge is 0.497 e. The van der Waals surface area contributed by atoms with E-state index in [9.17, 15) is 4.79 Å². The molecule has 1 unspecified atom stereocenters. The summed E-state index contributed by atoms with van der Waals surface area (Å²) < 4.78 is 10.5. The van der Waals surface area contributed by atoms with Crippen LogP contribution in [-0.2, 0) is 4.74 Å². The molecule has 31 heavy (non-hydrogen) atoms. The first-order valence-electron chi connectivity index (χ1n) is 11.3. The van der Waals surface area contributed by atoms with Crippen molar-refractivity contribution in [3.63, 3.8) is 0 Å². The molecule has 2 rings (SSSR count). The quantitative estimate of drug-likeness (QED) is 0.461. The number of hydrogen-bond donors (Lipinski definition) is 2. The number of nitrogens with zero attached hydrogens (tertiary/aromatic N) is 3. The number of methoxy groups -OCH3 is 1. The third-order valence-electron chi connectivity index (χ3n) is 5.78. The summed E-state index contributed by atoms with van der Waals surface area (Å²) in [6.07, 6.45) is 1.52. The maximum Gasteiger partial charge on any atom is 0.409 e. The number of ether oxygens (including phenoxy) is 2. The second-order valence-electron chi connectivity index (χ2n) is 7.57. The predicted molar refractivity (Wildman–Crippen MR) is 125 cm³/mol. The molecule has 1 aliphatic heterocycles. The van der Waals surface area contributed by atoms with Crippen LogP contribution < -0.4 is 15.4 Å². The topological polar surface area (TPSA) is 78.4 Å². The summed E-state index contributed by atoms with van der Waals surface area (Å²) in [6, 6.07) is 8.74. The number of guanidine groups is 1. The zero-order chi connectivity index (χ0) is 22.6. The van der Waals surface area contributed by atoms with Crippen LogP contribution in [-0.4, -0.2) is 81.4 Å². The number of rotatable bonds is 9. The van der Waals surface area contributed by atoms with E-state index in [1.54, 1.807) is 19.1 Å². The van der Waals surface area contributed by atoms with Gasteiger partial charge >= 0.3 is 6.09 Å². The van der Waals surface area contributed by atoms with E-state index in [-0.39, 0.29) is 18.2 Å². The van der Waals surface area contributed by atoms with Crippen LogP contribution in [0.3, 0.4) is 0 Å². The summed E-state index contributed by atoms with van der Waals surface area (Å²) in [5, 5.41) is 7.03. The Hall–Kier alpha value is -2.48. The number of carbonyl (C=O) groups excluding carboxylic acids is 1. The molecule has 0 aromatic heterocycles. The first kappa shape index (κ1) is 24.8. The summed E-state index contributed by atoms with van der Waals surface area (Å²) in [5.74, 6) is 1.65. The van der Waals surface area contributed by atoms with E-state index < -0.39 is 0 Å². The molecular weight excluding hydrogens is 394 g/mol. The van der Waals surface area contributed by atoms with Crippen LogP contribution in [0.25, 0.3) is 0 Å². The van der Waals surface area contributed by atoms with E-state index in [1.807, 2.05) is 19.1 Å². The van der Waals surface area contributed by atoms with Gasteiger partial charge in [-0.25, -0.2) is 4.79 Å². The van der Waals surface area contributed by atoms with Gasteiger partial charge in [-0.3, -0.25) is 9.89 Å². The van der Waals surface area contributed by atoms with Crippen LogP contribution in [0.4, 0.5) is 4.79 Å². The van der Waals surface area contributed by atoms with Crippen LogP contribution in [0.15, 0.2) is 29.3 Å². The van der Waals surface area contributed by atoms with Gasteiger partial charge in [-0.2, -0.15) is 0 Å². The van der Waals surface area contributed by atoms with E-state index in [0.29, 0.717) is 19.7 Å². The Morgan fingerprint density at radius 3 is 2.55 bits per heavy atom. The number of amides is 1. The minimum Gasteiger partial charge on any atom is -0.497 e. The molecule has 0 spiro atoms. The van der Waals surface area contributed by atoms with Gasteiger partial charge in [0.1, 0.15) is 5.75 Å². The highest BCUT2D eigenvalue weighted by Gasteiger charge is 2.25. The Labute approximate surface area is 187 Å². The lowest BCUT2D eigenvalue weighted by molar-refractivity contribution is 0.0963. The number of likely N-dealkylation sites (N-methyl/N-ethyl adjacent to an activating group) is 1. The van der Waals surface area contributed by atoms with Crippen LogP contribution in [0, 0.1) is 0 Å². The minimum atomic E-state index is -0.219. The number of aliphatic imine (C=N–C) groups is 1. The normalized spacial score (nSPS) is 16.2. The summed E-state index contributed by atoms with van der Waals surface area (Å²) in [4.78, 5) is 20.5. The molecule has 1 fully saturated rings. The molecule has 0 saturated carbocycles. The SMILES string of the molecule is CCOC(=O)N1CCC(NC(=NC)NCC(c2cccc(OC)c2)N(CC)CC)CC1. The highest BCUT2D eigenvalue weighted by atomic mass is 16.6. The molecule has 1 amide bonds. The molecule has 8 nitrogen and oxygen atoms in total. The molecule has 1 aromatic carbocycles. The van der Waals surface area contributed by atoms with Gasteiger partial charge in [-0.15, -0.1) is 0 Å². The van der Waals surface area contributed by atoms with Crippen molar-refractivity contribution in [1.82, 2.24) is 20.4 Å². The molecule has 1 heterocycles. The summed E-state index contributed by atoms with van der Waals surface area (Å²) in [6.45, 7) is 10.6. The Balaban J connectivity index is 1.96. The lowest BCUT2D eigenvalue weighted by Gasteiger charge is -2.33. The van der Waals surface area contributed by atoms with Crippen LogP contribution in [0.1, 0.15) is 45.2 Å². The van der Waals surface area contributed by atoms with E-state index in [0.717, 1.165) is 44.2 Å². The zero-order valence-electron chi connectivity index (χ0n) is 19.7. The Kier molecular flexibility index (Phi) is 10.4. The maximum absolute atomic E-state index is 11.9. The summed E-state index contributed by atoms with van der Waals surface area (Å²) in [5.41, 5.74) is 1.22. The molecule has 0 radical (unpaired) electrons. The highest BCUT2D eigenvalue weighted by Crippen LogP contribution is 2.24. The van der Waals surface area contributed by atoms with Gasteiger partial charge in [-0.1, -0.05) is 26.0 Å². The predicted octanol–water partition coefficient (Wildman–Crippen LogP) is 2.86. The summed E-state index contributed by atoms with van der Waals surface area (Å²) in [7, 11) is 3.49. The van der Waals surface area contributed by atoms with Crippen molar-refractivity contribution >= 4 is 12.1 Å². The average molecular weight is 434 g/mol. The number of piperidine rings is 1. The molecular formula is C23H39N5O3. The number of hydrogen-bond acceptors (Lipinski definition) is 5. The van der Waals surface area contributed by atoms with Gasteiger partial charge in [0.05, 0.1) is 19.8 Å². The molecule has 1 atom stereocenters. The fourth-order valence-corrected chi connectivity index (χ4v) is 3.97. The third kappa shape index (κ3) is 7.31. The molecule has 2 N–H and O–H groups in total. The number of benzene rings is 1. The second-order valence-corrected chi connectivity index (χ2v) is 7.57. The number of carbonyl (C=O) groups is 1. The van der Waals surface area contributed by atoms with Crippen molar-refractivity contribution in [2.24, 2.45) is 4.99 Å². The molecule has 8 heteroatoms. The van der Waals surface area contributed by atoms with Crippen molar-refractivity contribution in [1.29, 1.82) is 0 Å². The average Bonchev–Trinajstić information content (AvgIpc) is 2.81. The fourth-order valence-electron chi connectivity index (χ4n) is 3.97. The number of likely N-dealkylation sites (tertiary alicyclic amines) is 1. The van der Waals surface area contributed by atoms with Crippen molar-refractivity contribution < 1.29 is 14.3 Å². The third-order valence-corrected chi connectivity index (χ3v) is 5.78. The van der Waals surface area contributed by atoms with Crippen molar-refractivity contribution in [2.45, 2.75) is 45.7 Å². The van der Waals surface area contributed by atoms with Gasteiger partial charge in [0.15, 0.2) is 5.96 Å². The molecule has 0 aliphatic carbocycles. The molecule has 1 aliphatic rings. The molecule has 1 saturated heterocycles. The standard InChI is InChI=1S/C23H39N5O3/c1-6-27(7-2)21(18-10-9-11-20(16-18)30-5)17-25-22(24-4)26-19-12-14-28(15-13-19)23(29)31-8-3/h9-11,16,19,21H,6-8,12-15,17H2,1-5H3,(H2,24,25,26). The summed E-state index contributed by atoms with van der Waals surface area (Å²) >= 11 is 0. The van der Waals surface area contributed by atoms with E-state index in [2.05, 4.69) is 46.5 Å². The highest BCUT2D eigenvalue weighted by molar-refractivity contribution is 5.80. The lowest BCUT2D eigenvalue weighted by Crippen LogP contribution is -2.51. The Morgan fingerprint density at radius 1 is 1.26 bits per heavy atom. The van der Waals surface area contributed by atoms with E-state index in [4.69, 9.17) is 9.47 Å². The Morgan fingerprint density at radius 2 is 1.97 bits per heavy atom. The van der Waals surface area contributed by atoms with Gasteiger partial charge < -0.3 is 25.0 Å². The molecule has 0 bridgehead atoms. The zero-order valence-corrected chi connectivity index (χ0v) is 19.7. The minimum absolute atomic E-state index is 0.203. The van der Waals surface area contributed by atoms with Gasteiger partial charge in [0.2, 0.25) is 0 Å². The van der Waals surface area contributed by atoms with E-state index in [1.165, 1.54) is 5.56 Å². The second kappa shape index (κ2) is 13.0. The smallest absolute Gasteiger partial charge is 0.409 e. The van der Waals surface area contributed by atoms with Gasteiger partial charge in [0.25, 0.3) is 0 Å². The Bertz CT molecular complexity index is 700. The van der Waals surface area contributed by atoms with Crippen molar-refractivity contribution in [3.05, 3.63) is 29.8 Å². The monoisotopic (exact) mass is 433 g/mol. The molecule has 1 aromatic rings. The first-order valence-corrected chi connectivity index (χ1v) is 11.3. The van der Waals surface area contributed by atoms with Crippen LogP contribution >= 0.6 is 0 Å². The van der Waals surface area contributed by atoms with Crippen LogP contribution in [0.2, 0.25) is 0 Å². The van der Waals surface area contributed by atoms with Crippen LogP contribution in [0.5, 0.6) is 5.75 Å². The first-order chi connectivity index (χ1) is 15.1. The van der Waals surface area contributed by atoms with Crippen molar-refractivity contribution in [3.8, 4) is 5.75 Å². The maximum atomic E-state index is 11.9. The number of nitrogens with one attached hydrogen (secondary N) is 2. The van der Waals surface area contributed by atoms with Gasteiger partial charge in [0, 0.05) is 32.7 Å². The lowest BCUT2D eigenvalue weighted by atomic mass is 10.0. The molecule has 174 valence electrons. The van der Waals surface area contributed by atoms with Crippen molar-refractivity contribution in [2.75, 3.05) is 53.5 Å².